The Morgan fingerprint density at radius 3 is 1.85 bits per heavy atom. The van der Waals surface area contributed by atoms with Crippen LogP contribution in [0.4, 0.5) is 17.1 Å². The predicted molar refractivity (Wildman–Crippen MR) is 254 cm³/mol. The zero-order chi connectivity index (χ0) is 40.3. The van der Waals surface area contributed by atoms with Gasteiger partial charge < -0.3 is 9.32 Å². The van der Waals surface area contributed by atoms with Crippen molar-refractivity contribution in [3.8, 4) is 22.3 Å². The summed E-state index contributed by atoms with van der Waals surface area (Å²) < 4.78 is 6.64. The first-order valence-corrected chi connectivity index (χ1v) is 22.0. The molecule has 0 N–H and O–H groups in total. The van der Waals surface area contributed by atoms with Gasteiger partial charge in [0.2, 0.25) is 0 Å². The molecule has 0 atom stereocenters. The Hall–Kier alpha value is -7.16. The molecule has 2 aliphatic carbocycles. The van der Waals surface area contributed by atoms with Crippen LogP contribution in [0.5, 0.6) is 0 Å². The number of rotatable bonds is 7. The van der Waals surface area contributed by atoms with E-state index in [9.17, 15) is 0 Å². The molecule has 0 unspecified atom stereocenters. The van der Waals surface area contributed by atoms with E-state index in [-0.39, 0.29) is 0 Å². The van der Waals surface area contributed by atoms with Gasteiger partial charge in [-0.2, -0.15) is 0 Å². The van der Waals surface area contributed by atoms with Crippen molar-refractivity contribution in [1.29, 1.82) is 0 Å². The Balaban J connectivity index is 1.17. The molecule has 12 rings (SSSR count). The van der Waals surface area contributed by atoms with Crippen LogP contribution in [-0.2, 0) is 5.41 Å². The Morgan fingerprint density at radius 1 is 0.443 bits per heavy atom. The minimum Gasteiger partial charge on any atom is -0.456 e. The number of hydrogen-bond donors (Lipinski definition) is 0. The highest BCUT2D eigenvalue weighted by molar-refractivity contribution is 6.08. The maximum atomic E-state index is 6.64. The normalized spacial score (nSPS) is 14.6. The molecule has 9 aromatic carbocycles. The predicted octanol–water partition coefficient (Wildman–Crippen LogP) is 16.3. The van der Waals surface area contributed by atoms with E-state index in [0.29, 0.717) is 5.92 Å². The molecule has 1 saturated carbocycles. The number of hydrogen-bond acceptors (Lipinski definition) is 2. The lowest BCUT2D eigenvalue weighted by molar-refractivity contribution is 0.445. The minimum absolute atomic E-state index is 0.525. The largest absolute Gasteiger partial charge is 0.456 e. The lowest BCUT2D eigenvalue weighted by Gasteiger charge is -2.34. The third kappa shape index (κ3) is 5.55. The number of fused-ring (bicyclic) bond motifs is 7. The standard InChI is InChI=1S/C59H45NO/c1-4-19-40(20-5-1)45-30-16-21-41-22-17-31-49(57(41)45)46-27-11-14-34-53(46)60(44-37-38-48-47-28-12-15-36-55(47)61-56(48)39-44)54-35-18-33-52-58(54)50-29-10-13-32-51(50)59(52,42-23-6-2-7-24-42)43-25-8-3-9-26-43/h2-3,6-18,21-40H,1,4-5,19-20H2. The molecule has 0 bridgehead atoms. The molecule has 2 heteroatoms. The summed E-state index contributed by atoms with van der Waals surface area (Å²) in [5.74, 6) is 0.565. The van der Waals surface area contributed by atoms with Crippen LogP contribution in [-0.4, -0.2) is 0 Å². The van der Waals surface area contributed by atoms with E-state index in [1.807, 2.05) is 0 Å². The van der Waals surface area contributed by atoms with Crippen molar-refractivity contribution in [2.75, 3.05) is 4.90 Å². The molecule has 2 aliphatic rings. The molecule has 0 radical (unpaired) electrons. The first-order chi connectivity index (χ1) is 30.3. The maximum Gasteiger partial charge on any atom is 0.137 e. The molecule has 1 aromatic heterocycles. The van der Waals surface area contributed by atoms with Gasteiger partial charge in [-0.15, -0.1) is 0 Å². The third-order valence-corrected chi connectivity index (χ3v) is 13.7. The second kappa shape index (κ2) is 14.5. The second-order valence-electron chi connectivity index (χ2n) is 16.9. The van der Waals surface area contributed by atoms with Crippen molar-refractivity contribution in [1.82, 2.24) is 0 Å². The summed E-state index contributed by atoms with van der Waals surface area (Å²) in [7, 11) is 0. The van der Waals surface area contributed by atoms with Crippen molar-refractivity contribution in [2.45, 2.75) is 43.4 Å². The van der Waals surface area contributed by atoms with Crippen molar-refractivity contribution in [3.63, 3.8) is 0 Å². The van der Waals surface area contributed by atoms with Crippen LogP contribution in [0.1, 0.15) is 65.8 Å². The Morgan fingerprint density at radius 2 is 1.05 bits per heavy atom. The zero-order valence-corrected chi connectivity index (χ0v) is 34.1. The van der Waals surface area contributed by atoms with E-state index >= 15 is 0 Å². The van der Waals surface area contributed by atoms with Crippen LogP contribution in [0.2, 0.25) is 0 Å². The summed E-state index contributed by atoms with van der Waals surface area (Å²) in [6.45, 7) is 0. The maximum absolute atomic E-state index is 6.64. The molecule has 1 fully saturated rings. The average molecular weight is 784 g/mol. The van der Waals surface area contributed by atoms with Gasteiger partial charge in [0.25, 0.3) is 0 Å². The summed E-state index contributed by atoms with van der Waals surface area (Å²) in [5, 5.41) is 4.94. The Bertz CT molecular complexity index is 3200. The first kappa shape index (κ1) is 35.8. The summed E-state index contributed by atoms with van der Waals surface area (Å²) in [6.07, 6.45) is 6.43. The van der Waals surface area contributed by atoms with Crippen LogP contribution in [0.25, 0.3) is 55.0 Å². The molecule has 2 nitrogen and oxygen atoms in total. The number of benzene rings is 9. The SMILES string of the molecule is c1ccc(C2(c3ccccc3)c3ccccc3-c3c(N(c4ccc5c(c4)oc4ccccc45)c4ccccc4-c4cccc5cccc(C6CCCCC6)c45)cccc32)cc1. The molecular weight excluding hydrogens is 739 g/mol. The van der Waals surface area contributed by atoms with Crippen molar-refractivity contribution < 1.29 is 4.42 Å². The van der Waals surface area contributed by atoms with Gasteiger partial charge in [-0.1, -0.05) is 189 Å². The van der Waals surface area contributed by atoms with Crippen LogP contribution in [0.3, 0.4) is 0 Å². The first-order valence-electron chi connectivity index (χ1n) is 22.0. The van der Waals surface area contributed by atoms with E-state index < -0.39 is 5.41 Å². The number of para-hydroxylation sites is 2. The van der Waals surface area contributed by atoms with Gasteiger partial charge >= 0.3 is 0 Å². The van der Waals surface area contributed by atoms with Crippen molar-refractivity contribution >= 4 is 49.8 Å². The van der Waals surface area contributed by atoms with Crippen LogP contribution >= 0.6 is 0 Å². The van der Waals surface area contributed by atoms with Gasteiger partial charge in [0.1, 0.15) is 11.2 Å². The van der Waals surface area contributed by atoms with E-state index in [0.717, 1.165) is 39.0 Å². The van der Waals surface area contributed by atoms with Crippen molar-refractivity contribution in [3.05, 3.63) is 234 Å². The van der Waals surface area contributed by atoms with Crippen molar-refractivity contribution in [2.24, 2.45) is 0 Å². The van der Waals surface area contributed by atoms with Gasteiger partial charge in [-0.3, -0.25) is 0 Å². The number of furan rings is 1. The minimum atomic E-state index is -0.525. The molecule has 1 heterocycles. The molecule has 0 amide bonds. The molecule has 10 aromatic rings. The smallest absolute Gasteiger partial charge is 0.137 e. The molecule has 0 spiro atoms. The summed E-state index contributed by atoms with van der Waals surface area (Å²) >= 11 is 0. The molecule has 61 heavy (non-hydrogen) atoms. The van der Waals surface area contributed by atoms with E-state index in [4.69, 9.17) is 4.42 Å². The number of anilines is 3. The quantitative estimate of drug-likeness (QED) is 0.160. The van der Waals surface area contributed by atoms with Gasteiger partial charge in [0.05, 0.1) is 16.8 Å². The Kier molecular flexibility index (Phi) is 8.52. The lowest BCUT2D eigenvalue weighted by Crippen LogP contribution is -2.28. The lowest BCUT2D eigenvalue weighted by atomic mass is 9.68. The molecule has 0 saturated heterocycles. The van der Waals surface area contributed by atoms with E-state index in [1.165, 1.54) is 92.9 Å². The fraction of sp³-hybridized carbons (Fsp3) is 0.119. The second-order valence-corrected chi connectivity index (χ2v) is 16.9. The number of nitrogens with zero attached hydrogens (tertiary/aromatic N) is 1. The highest BCUT2D eigenvalue weighted by Gasteiger charge is 2.47. The topological polar surface area (TPSA) is 16.4 Å². The van der Waals surface area contributed by atoms with Gasteiger partial charge in [-0.25, -0.2) is 0 Å². The third-order valence-electron chi connectivity index (χ3n) is 13.7. The van der Waals surface area contributed by atoms with E-state index in [1.54, 1.807) is 0 Å². The van der Waals surface area contributed by atoms with Gasteiger partial charge in [-0.05, 0) is 98.8 Å². The highest BCUT2D eigenvalue weighted by atomic mass is 16.3. The zero-order valence-electron chi connectivity index (χ0n) is 34.1. The summed E-state index contributed by atoms with van der Waals surface area (Å²) in [5.41, 5.74) is 16.1. The van der Waals surface area contributed by atoms with E-state index in [2.05, 4.69) is 211 Å². The van der Waals surface area contributed by atoms with Gasteiger partial charge in [0.15, 0.2) is 0 Å². The summed E-state index contributed by atoms with van der Waals surface area (Å²) in [6, 6.07) is 76.4. The van der Waals surface area contributed by atoms with Crippen LogP contribution in [0, 0.1) is 0 Å². The fourth-order valence-corrected chi connectivity index (χ4v) is 11.2. The molecule has 292 valence electrons. The summed E-state index contributed by atoms with van der Waals surface area (Å²) in [4.78, 5) is 2.52. The molecular formula is C59H45NO. The van der Waals surface area contributed by atoms with Crippen LogP contribution < -0.4 is 4.90 Å². The monoisotopic (exact) mass is 783 g/mol. The average Bonchev–Trinajstić information content (AvgIpc) is 3.86. The van der Waals surface area contributed by atoms with Crippen LogP contribution in [0.15, 0.2) is 211 Å². The van der Waals surface area contributed by atoms with Gasteiger partial charge in [0, 0.05) is 33.7 Å². The highest BCUT2D eigenvalue weighted by Crippen LogP contribution is 2.60. The molecule has 0 aliphatic heterocycles. The fourth-order valence-electron chi connectivity index (χ4n) is 11.2. The Labute approximate surface area is 357 Å².